The Hall–Kier alpha value is -2.81. The van der Waals surface area contributed by atoms with Crippen LogP contribution in [0.5, 0.6) is 0 Å². The van der Waals surface area contributed by atoms with Crippen LogP contribution in [0.15, 0.2) is 0 Å². The van der Waals surface area contributed by atoms with Crippen LogP contribution >= 0.6 is 0 Å². The average Bonchev–Trinajstić information content (AvgIpc) is 2.89. The number of hydroxylamine groups is 6. The number of unbranched alkanes of at least 4 members (excludes halogenated alkanes) is 6. The van der Waals surface area contributed by atoms with Crippen molar-refractivity contribution in [2.75, 3.05) is 32.7 Å². The number of primary amides is 1. The molecule has 0 rings (SSSR count). The van der Waals surface area contributed by atoms with Gasteiger partial charge in [-0.2, -0.15) is 0 Å². The van der Waals surface area contributed by atoms with Crippen molar-refractivity contribution in [3.05, 3.63) is 0 Å². The summed E-state index contributed by atoms with van der Waals surface area (Å²) in [5.74, 6) is -3.22. The molecule has 0 heterocycles. The van der Waals surface area contributed by atoms with Crippen LogP contribution in [0.2, 0.25) is 0 Å². The summed E-state index contributed by atoms with van der Waals surface area (Å²) < 4.78 is 0. The van der Waals surface area contributed by atoms with E-state index in [4.69, 9.17) is 11.5 Å². The molecule has 0 fully saturated rings. The van der Waals surface area contributed by atoms with Gasteiger partial charge in [-0.05, 0) is 51.5 Å². The van der Waals surface area contributed by atoms with E-state index in [0.717, 1.165) is 12.8 Å². The molecule has 0 aromatic heterocycles. The van der Waals surface area contributed by atoms with Crippen LogP contribution in [0, 0.1) is 5.92 Å². The molecule has 14 heteroatoms. The van der Waals surface area contributed by atoms with Gasteiger partial charge in [0.1, 0.15) is 0 Å². The fraction of sp³-hybridized carbons (Fsp3) is 0.800. The molecule has 0 aliphatic carbocycles. The van der Waals surface area contributed by atoms with Crippen LogP contribution in [0.25, 0.3) is 0 Å². The van der Waals surface area contributed by atoms with Gasteiger partial charge in [0, 0.05) is 58.3 Å². The van der Waals surface area contributed by atoms with Gasteiger partial charge in [0.25, 0.3) is 0 Å². The lowest BCUT2D eigenvalue weighted by atomic mass is 9.96. The number of nitrogens with two attached hydrogens (primary N) is 2. The zero-order valence-corrected chi connectivity index (χ0v) is 23.2. The second kappa shape index (κ2) is 22.1. The van der Waals surface area contributed by atoms with Gasteiger partial charge < -0.3 is 16.8 Å². The molecule has 0 radical (unpaired) electrons. The Morgan fingerprint density at radius 3 is 1.82 bits per heavy atom. The predicted molar refractivity (Wildman–Crippen MR) is 141 cm³/mol. The van der Waals surface area contributed by atoms with E-state index in [1.54, 1.807) is 0 Å². The number of carbonyl (C=O) groups is 5. The average molecular weight is 561 g/mol. The molecule has 0 aliphatic rings. The molecule has 0 aliphatic heterocycles. The van der Waals surface area contributed by atoms with Gasteiger partial charge >= 0.3 is 0 Å². The summed E-state index contributed by atoms with van der Waals surface area (Å²) in [6.07, 6.45) is 5.76. The summed E-state index contributed by atoms with van der Waals surface area (Å²) in [5.41, 5.74) is 10.8. The molecular weight excluding hydrogens is 512 g/mol. The van der Waals surface area contributed by atoms with E-state index in [9.17, 15) is 39.6 Å². The Kier molecular flexibility index (Phi) is 20.5. The molecule has 0 aromatic carbocycles. The predicted octanol–water partition coefficient (Wildman–Crippen LogP) is 0.907. The summed E-state index contributed by atoms with van der Waals surface area (Å²) >= 11 is 0. The molecule has 1 unspecified atom stereocenters. The summed E-state index contributed by atoms with van der Waals surface area (Å²) in [6.45, 7) is 2.65. The van der Waals surface area contributed by atoms with Crippen LogP contribution in [-0.2, 0) is 24.0 Å². The number of nitrogens with zero attached hydrogens (tertiary/aromatic N) is 3. The monoisotopic (exact) mass is 560 g/mol. The number of carbonyl (C=O) groups excluding carboxylic acids is 5. The van der Waals surface area contributed by atoms with Crippen molar-refractivity contribution in [1.29, 1.82) is 0 Å². The van der Waals surface area contributed by atoms with Crippen LogP contribution in [0.1, 0.15) is 90.4 Å². The Balaban J connectivity index is 4.01. The zero-order chi connectivity index (χ0) is 29.6. The van der Waals surface area contributed by atoms with Crippen molar-refractivity contribution in [3.8, 4) is 0 Å². The highest BCUT2D eigenvalue weighted by Gasteiger charge is 2.22. The van der Waals surface area contributed by atoms with Crippen LogP contribution in [0.4, 0.5) is 0 Å². The van der Waals surface area contributed by atoms with Gasteiger partial charge in [-0.15, -0.1) is 0 Å². The summed E-state index contributed by atoms with van der Waals surface area (Å²) in [7, 11) is 0. The van der Waals surface area contributed by atoms with Crippen LogP contribution in [-0.4, -0.2) is 93.1 Å². The van der Waals surface area contributed by atoms with Crippen LogP contribution in [0.3, 0.4) is 0 Å². The molecule has 14 nitrogen and oxygen atoms in total. The zero-order valence-electron chi connectivity index (χ0n) is 23.2. The molecule has 39 heavy (non-hydrogen) atoms. The SMILES string of the molecule is CC(=O)N(O)CCCCCC(CC(=O)N(O)CCCCCNC(=O)CCC(=O)N(O)CCCCCN)C(N)=O. The Bertz CT molecular complexity index is 754. The topological polar surface area (TPSA) is 220 Å². The van der Waals surface area contributed by atoms with Gasteiger partial charge in [-0.1, -0.05) is 19.3 Å². The van der Waals surface area contributed by atoms with Crippen molar-refractivity contribution in [2.45, 2.75) is 90.4 Å². The fourth-order valence-electron chi connectivity index (χ4n) is 3.71. The van der Waals surface area contributed by atoms with E-state index in [1.807, 2.05) is 0 Å². The minimum atomic E-state index is -0.721. The van der Waals surface area contributed by atoms with E-state index >= 15 is 0 Å². The number of amides is 5. The number of nitrogens with one attached hydrogen (secondary N) is 1. The smallest absolute Gasteiger partial charge is 0.246 e. The highest BCUT2D eigenvalue weighted by atomic mass is 16.5. The first-order chi connectivity index (χ1) is 18.5. The molecule has 0 spiro atoms. The molecule has 0 saturated carbocycles. The van der Waals surface area contributed by atoms with E-state index in [1.165, 1.54) is 6.92 Å². The maximum absolute atomic E-state index is 12.3. The standard InChI is InChI=1S/C25H48N6O8/c1-20(32)29(37)16-8-2-5-11-21(25(27)36)19-24(35)31(39)18-10-4-7-15-28-22(33)12-13-23(34)30(38)17-9-3-6-14-26/h21,37-39H,2-19,26H2,1H3,(H2,27,36)(H,28,33). The molecule has 5 amide bonds. The van der Waals surface area contributed by atoms with Crippen molar-refractivity contribution < 1.29 is 39.6 Å². The van der Waals surface area contributed by atoms with Gasteiger partial charge in [0.05, 0.1) is 0 Å². The normalized spacial score (nSPS) is 11.5. The highest BCUT2D eigenvalue weighted by Crippen LogP contribution is 2.15. The Morgan fingerprint density at radius 2 is 1.26 bits per heavy atom. The first-order valence-corrected chi connectivity index (χ1v) is 13.7. The second-order valence-electron chi connectivity index (χ2n) is 9.59. The number of rotatable bonds is 23. The van der Waals surface area contributed by atoms with Gasteiger partial charge in [0.15, 0.2) is 0 Å². The lowest BCUT2D eigenvalue weighted by Gasteiger charge is -2.18. The summed E-state index contributed by atoms with van der Waals surface area (Å²) in [4.78, 5) is 58.6. The number of hydrogen-bond donors (Lipinski definition) is 6. The number of hydrogen-bond acceptors (Lipinski definition) is 9. The van der Waals surface area contributed by atoms with Crippen molar-refractivity contribution in [3.63, 3.8) is 0 Å². The maximum Gasteiger partial charge on any atom is 0.246 e. The van der Waals surface area contributed by atoms with Crippen molar-refractivity contribution >= 4 is 29.5 Å². The van der Waals surface area contributed by atoms with E-state index in [2.05, 4.69) is 5.32 Å². The second-order valence-corrected chi connectivity index (χ2v) is 9.59. The van der Waals surface area contributed by atoms with Gasteiger partial charge in [-0.3, -0.25) is 39.6 Å². The molecule has 0 saturated heterocycles. The molecule has 1 atom stereocenters. The maximum atomic E-state index is 12.3. The van der Waals surface area contributed by atoms with Gasteiger partial charge in [-0.25, -0.2) is 15.2 Å². The highest BCUT2D eigenvalue weighted by molar-refractivity contribution is 5.84. The van der Waals surface area contributed by atoms with E-state index in [-0.39, 0.29) is 44.8 Å². The first kappa shape index (κ1) is 36.2. The molecule has 0 bridgehead atoms. The third kappa shape index (κ3) is 19.0. The van der Waals surface area contributed by atoms with Crippen molar-refractivity contribution in [1.82, 2.24) is 20.5 Å². The summed E-state index contributed by atoms with van der Waals surface area (Å²) in [6, 6.07) is 0. The molecular formula is C25H48N6O8. The third-order valence-electron chi connectivity index (χ3n) is 6.19. The van der Waals surface area contributed by atoms with E-state index in [0.29, 0.717) is 79.6 Å². The van der Waals surface area contributed by atoms with Gasteiger partial charge in [0.2, 0.25) is 29.5 Å². The summed E-state index contributed by atoms with van der Waals surface area (Å²) in [5, 5.41) is 33.5. The Morgan fingerprint density at radius 1 is 0.718 bits per heavy atom. The van der Waals surface area contributed by atoms with Crippen LogP contribution < -0.4 is 16.8 Å². The molecule has 0 aromatic rings. The fourth-order valence-corrected chi connectivity index (χ4v) is 3.71. The largest absolute Gasteiger partial charge is 0.369 e. The minimum Gasteiger partial charge on any atom is -0.369 e. The quantitative estimate of drug-likeness (QED) is 0.0593. The molecule has 226 valence electrons. The van der Waals surface area contributed by atoms with E-state index < -0.39 is 29.5 Å². The Labute approximate surface area is 230 Å². The first-order valence-electron chi connectivity index (χ1n) is 13.7. The van der Waals surface area contributed by atoms with Crippen molar-refractivity contribution in [2.24, 2.45) is 17.4 Å². The molecule has 8 N–H and O–H groups in total. The third-order valence-corrected chi connectivity index (χ3v) is 6.19. The minimum absolute atomic E-state index is 0.0308. The lowest BCUT2D eigenvalue weighted by molar-refractivity contribution is -0.167. The lowest BCUT2D eigenvalue weighted by Crippen LogP contribution is -2.34.